The number of ether oxygens (including phenoxy) is 1. The molecule has 0 N–H and O–H groups in total. The molecule has 27 heavy (non-hydrogen) atoms. The van der Waals surface area contributed by atoms with Gasteiger partial charge in [-0.25, -0.2) is 0 Å². The second-order valence-corrected chi connectivity index (χ2v) is 9.46. The molecule has 0 heterocycles. The lowest BCUT2D eigenvalue weighted by molar-refractivity contribution is -0.153. The summed E-state index contributed by atoms with van der Waals surface area (Å²) in [6.45, 7) is 5.87. The highest BCUT2D eigenvalue weighted by Gasteiger charge is 2.59. The number of ketones is 1. The molecule has 144 valence electrons. The summed E-state index contributed by atoms with van der Waals surface area (Å²) < 4.78 is 5.81. The molecule has 3 nitrogen and oxygen atoms in total. The Morgan fingerprint density at radius 3 is 2.85 bits per heavy atom. The zero-order valence-corrected chi connectivity index (χ0v) is 16.7. The van der Waals surface area contributed by atoms with Crippen LogP contribution in [0.25, 0.3) is 0 Å². The summed E-state index contributed by atoms with van der Waals surface area (Å²) in [4.78, 5) is 23.9. The summed E-state index contributed by atoms with van der Waals surface area (Å²) >= 11 is 0. The maximum Gasteiger partial charge on any atom is 0.303 e. The minimum Gasteiger partial charge on any atom is -0.457 e. The van der Waals surface area contributed by atoms with E-state index in [2.05, 4.69) is 19.8 Å². The molecular weight excluding hydrogens is 336 g/mol. The zero-order valence-electron chi connectivity index (χ0n) is 16.7. The van der Waals surface area contributed by atoms with Gasteiger partial charge in [-0.3, -0.25) is 9.59 Å². The molecular formula is C24H30O3. The van der Waals surface area contributed by atoms with Crippen LogP contribution in [-0.4, -0.2) is 17.9 Å². The molecule has 0 aromatic rings. The first-order valence-electron chi connectivity index (χ1n) is 10.4. The number of carbonyl (C=O) groups excluding carboxylic acids is 2. The molecule has 4 aliphatic carbocycles. The molecule has 0 amide bonds. The summed E-state index contributed by atoms with van der Waals surface area (Å²) in [6, 6.07) is 0. The second-order valence-electron chi connectivity index (χ2n) is 9.46. The van der Waals surface area contributed by atoms with Crippen LogP contribution in [0, 0.1) is 47.3 Å². The average Bonchev–Trinajstić information content (AvgIpc) is 2.88. The summed E-state index contributed by atoms with van der Waals surface area (Å²) in [6.07, 6.45) is 15.5. The quantitative estimate of drug-likeness (QED) is 0.508. The fourth-order valence-corrected chi connectivity index (χ4v) is 6.81. The molecule has 3 saturated carbocycles. The van der Waals surface area contributed by atoms with Gasteiger partial charge in [0.05, 0.1) is 0 Å². The minimum atomic E-state index is -0.222. The minimum absolute atomic E-state index is 0.0210. The Hall–Kier alpha value is -1.82. The first-order chi connectivity index (χ1) is 12.8. The van der Waals surface area contributed by atoms with Crippen molar-refractivity contribution in [3.8, 4) is 12.3 Å². The molecule has 0 aromatic carbocycles. The van der Waals surface area contributed by atoms with Gasteiger partial charge >= 0.3 is 5.97 Å². The lowest BCUT2D eigenvalue weighted by atomic mass is 9.51. The maximum atomic E-state index is 12.2. The normalized spacial score (nSPS) is 44.6. The highest BCUT2D eigenvalue weighted by atomic mass is 16.5. The number of esters is 1. The van der Waals surface area contributed by atoms with E-state index in [9.17, 15) is 9.59 Å². The Morgan fingerprint density at radius 2 is 2.15 bits per heavy atom. The van der Waals surface area contributed by atoms with Gasteiger partial charge in [0.1, 0.15) is 6.10 Å². The molecule has 3 fully saturated rings. The van der Waals surface area contributed by atoms with Crippen LogP contribution in [0.1, 0.15) is 59.3 Å². The number of allylic oxidation sites excluding steroid dienone is 2. The molecule has 0 bridgehead atoms. The van der Waals surface area contributed by atoms with Gasteiger partial charge in [-0.1, -0.05) is 25.3 Å². The molecule has 3 heteroatoms. The fraction of sp³-hybridized carbons (Fsp3) is 0.667. The van der Waals surface area contributed by atoms with Crippen molar-refractivity contribution in [1.82, 2.24) is 0 Å². The van der Waals surface area contributed by atoms with Crippen LogP contribution in [0.5, 0.6) is 0 Å². The smallest absolute Gasteiger partial charge is 0.303 e. The van der Waals surface area contributed by atoms with Crippen LogP contribution in [-0.2, 0) is 14.3 Å². The zero-order chi connectivity index (χ0) is 19.3. The molecule has 1 unspecified atom stereocenters. The standard InChI is InChI=1S/C24H30O3/c1-5-6-17-12-21-19-8-7-16-13-22(26)14(2)11-20(16)18(19)9-10-24(21,4)23(17)27-15(3)25/h1,6,13-14,18-21,23H,7-12H2,2-4H3/t14?,18-,19+,20-,21-,23-,24-/m0/s1. The van der Waals surface area contributed by atoms with E-state index in [1.165, 1.54) is 12.5 Å². The average molecular weight is 367 g/mol. The molecule has 0 aliphatic heterocycles. The molecule has 0 aromatic heterocycles. The summed E-state index contributed by atoms with van der Waals surface area (Å²) in [5, 5.41) is 0. The Morgan fingerprint density at radius 1 is 1.37 bits per heavy atom. The van der Waals surface area contributed by atoms with Gasteiger partial charge in [-0.05, 0) is 79.9 Å². The number of fused-ring (bicyclic) bond motifs is 5. The Bertz CT molecular complexity index is 767. The fourth-order valence-electron chi connectivity index (χ4n) is 6.81. The van der Waals surface area contributed by atoms with Crippen LogP contribution >= 0.6 is 0 Å². The number of carbonyl (C=O) groups is 2. The van der Waals surface area contributed by atoms with E-state index in [1.54, 1.807) is 0 Å². The predicted molar refractivity (Wildman–Crippen MR) is 104 cm³/mol. The van der Waals surface area contributed by atoms with E-state index in [1.807, 2.05) is 12.2 Å². The number of rotatable bonds is 1. The van der Waals surface area contributed by atoms with Gasteiger partial charge in [0.2, 0.25) is 0 Å². The van der Waals surface area contributed by atoms with Gasteiger partial charge in [0, 0.05) is 18.3 Å². The van der Waals surface area contributed by atoms with Crippen LogP contribution in [0.15, 0.2) is 23.3 Å². The third-order valence-corrected chi connectivity index (χ3v) is 8.05. The van der Waals surface area contributed by atoms with E-state index in [0.717, 1.165) is 44.1 Å². The van der Waals surface area contributed by atoms with Gasteiger partial charge in [0.25, 0.3) is 0 Å². The van der Waals surface area contributed by atoms with E-state index >= 15 is 0 Å². The van der Waals surface area contributed by atoms with Crippen molar-refractivity contribution >= 4 is 11.8 Å². The topological polar surface area (TPSA) is 43.4 Å². The van der Waals surface area contributed by atoms with E-state index in [-0.39, 0.29) is 23.4 Å². The third kappa shape index (κ3) is 2.89. The number of terminal acetylenes is 1. The van der Waals surface area contributed by atoms with Crippen LogP contribution in [0.3, 0.4) is 0 Å². The highest BCUT2D eigenvalue weighted by Crippen LogP contribution is 2.63. The largest absolute Gasteiger partial charge is 0.457 e. The molecule has 7 atom stereocenters. The van der Waals surface area contributed by atoms with Crippen molar-refractivity contribution in [3.05, 3.63) is 23.3 Å². The third-order valence-electron chi connectivity index (χ3n) is 8.05. The van der Waals surface area contributed by atoms with Gasteiger partial charge in [-0.15, -0.1) is 6.42 Å². The number of hydrogen-bond donors (Lipinski definition) is 0. The predicted octanol–water partition coefficient (Wildman–Crippen LogP) is 4.48. The Balaban J connectivity index is 1.66. The SMILES string of the molecule is C#CC=C1C[C@H]2[C@@H]3CCC4=CC(=O)C(C)C[C@@H]4[C@H]3CC[C@]2(C)[C@H]1OC(C)=O. The van der Waals surface area contributed by atoms with Crippen LogP contribution < -0.4 is 0 Å². The van der Waals surface area contributed by atoms with Crippen molar-refractivity contribution in [2.75, 3.05) is 0 Å². The van der Waals surface area contributed by atoms with Crippen molar-refractivity contribution in [1.29, 1.82) is 0 Å². The highest BCUT2D eigenvalue weighted by molar-refractivity contribution is 5.93. The van der Waals surface area contributed by atoms with E-state index in [0.29, 0.717) is 29.5 Å². The lowest BCUT2D eigenvalue weighted by Gasteiger charge is -2.53. The first kappa shape index (κ1) is 18.5. The summed E-state index contributed by atoms with van der Waals surface area (Å²) in [5.41, 5.74) is 2.50. The monoisotopic (exact) mass is 366 g/mol. The van der Waals surface area contributed by atoms with Crippen molar-refractivity contribution < 1.29 is 14.3 Å². The van der Waals surface area contributed by atoms with Crippen LogP contribution in [0.2, 0.25) is 0 Å². The lowest BCUT2D eigenvalue weighted by Crippen LogP contribution is -2.48. The summed E-state index contributed by atoms with van der Waals surface area (Å²) in [5.74, 6) is 5.27. The van der Waals surface area contributed by atoms with Crippen molar-refractivity contribution in [2.45, 2.75) is 65.4 Å². The van der Waals surface area contributed by atoms with E-state index < -0.39 is 0 Å². The first-order valence-corrected chi connectivity index (χ1v) is 10.4. The molecule has 0 radical (unpaired) electrons. The Kier molecular flexibility index (Phi) is 4.57. The van der Waals surface area contributed by atoms with Crippen molar-refractivity contribution in [2.24, 2.45) is 35.0 Å². The van der Waals surface area contributed by atoms with Gasteiger partial charge in [-0.2, -0.15) is 0 Å². The van der Waals surface area contributed by atoms with E-state index in [4.69, 9.17) is 11.2 Å². The second kappa shape index (κ2) is 6.66. The van der Waals surface area contributed by atoms with Gasteiger partial charge < -0.3 is 4.74 Å². The van der Waals surface area contributed by atoms with Crippen LogP contribution in [0.4, 0.5) is 0 Å². The molecule has 0 spiro atoms. The molecule has 4 aliphatic rings. The Labute approximate surface area is 162 Å². The molecule has 0 saturated heterocycles. The summed E-state index contributed by atoms with van der Waals surface area (Å²) in [7, 11) is 0. The number of hydrogen-bond acceptors (Lipinski definition) is 3. The molecule has 4 rings (SSSR count). The van der Waals surface area contributed by atoms with Crippen molar-refractivity contribution in [3.63, 3.8) is 0 Å². The maximum absolute atomic E-state index is 12.2. The van der Waals surface area contributed by atoms with Gasteiger partial charge in [0.15, 0.2) is 5.78 Å².